The topological polar surface area (TPSA) is 20.2 Å². The summed E-state index contributed by atoms with van der Waals surface area (Å²) in [6.07, 6.45) is 1.81. The molecule has 1 heteroatoms. The molecule has 0 unspecified atom stereocenters. The third kappa shape index (κ3) is 0.675. The Balaban J connectivity index is 2.64. The van der Waals surface area contributed by atoms with E-state index in [0.717, 1.165) is 12.8 Å². The highest BCUT2D eigenvalue weighted by Gasteiger charge is 2.05. The maximum Gasteiger partial charge on any atom is 0.139 e. The number of hydrogen-bond acceptors (Lipinski definition) is 1. The second-order valence-electron chi connectivity index (χ2n) is 1.71. The highest BCUT2D eigenvalue weighted by molar-refractivity contribution is 5.19. The van der Waals surface area contributed by atoms with Crippen LogP contribution in [0.15, 0.2) is 17.1 Å². The third-order valence-corrected chi connectivity index (χ3v) is 1.13. The van der Waals surface area contributed by atoms with E-state index in [-0.39, 0.29) is 0 Å². The molecule has 0 aliphatic heterocycles. The van der Waals surface area contributed by atoms with Crippen LogP contribution in [-0.4, -0.2) is 5.11 Å². The first-order valence-electron chi connectivity index (χ1n) is 2.49. The van der Waals surface area contributed by atoms with Crippen molar-refractivity contribution in [2.24, 2.45) is 0 Å². The molecule has 0 spiro atoms. The predicted octanol–water partition coefficient (Wildman–Crippen LogP) is 1.77. The van der Waals surface area contributed by atoms with E-state index in [1.807, 2.05) is 0 Å². The van der Waals surface area contributed by atoms with Gasteiger partial charge in [-0.3, -0.25) is 0 Å². The summed E-state index contributed by atoms with van der Waals surface area (Å²) in [5, 5.41) is 8.53. The van der Waals surface area contributed by atoms with Crippen molar-refractivity contribution < 1.29 is 5.11 Å². The van der Waals surface area contributed by atoms with Crippen LogP contribution in [-0.2, 0) is 0 Å². The minimum Gasteiger partial charge on any atom is -0.504 e. The minimum absolute atomic E-state index is 0.414. The van der Waals surface area contributed by atoms with Gasteiger partial charge in [-0.05, 0) is 12.0 Å². The van der Waals surface area contributed by atoms with Crippen LogP contribution in [0.4, 0.5) is 0 Å². The zero-order valence-electron chi connectivity index (χ0n) is 4.36. The van der Waals surface area contributed by atoms with E-state index in [4.69, 9.17) is 5.11 Å². The van der Waals surface area contributed by atoms with E-state index >= 15 is 0 Å². The van der Waals surface area contributed by atoms with Crippen molar-refractivity contribution in [1.82, 2.24) is 0 Å². The van der Waals surface area contributed by atoms with E-state index in [0.29, 0.717) is 5.76 Å². The quantitative estimate of drug-likeness (QED) is 0.493. The Morgan fingerprint density at radius 3 is 2.57 bits per heavy atom. The molecule has 1 aliphatic carbocycles. The normalized spacial score (nSPS) is 17.3. The average Bonchev–Trinajstić information content (AvgIpc) is 1.58. The largest absolute Gasteiger partial charge is 0.504 e. The Bertz CT molecular complexity index is 134. The van der Waals surface area contributed by atoms with Crippen molar-refractivity contribution in [2.75, 3.05) is 0 Å². The molecular weight excluding hydrogens is 88.1 g/mol. The molecule has 0 amide bonds. The van der Waals surface area contributed by atoms with Crippen molar-refractivity contribution in [3.8, 4) is 0 Å². The fourth-order valence-corrected chi connectivity index (χ4v) is 0.601. The van der Waals surface area contributed by atoms with Gasteiger partial charge >= 0.3 is 0 Å². The van der Waals surface area contributed by atoms with Crippen LogP contribution < -0.4 is 0 Å². The molecule has 0 aromatic heterocycles. The number of aliphatic hydroxyl groups excluding tert-OH is 1. The molecule has 7 heavy (non-hydrogen) atoms. The van der Waals surface area contributed by atoms with Crippen LogP contribution in [0.5, 0.6) is 0 Å². The predicted molar refractivity (Wildman–Crippen MR) is 28.1 cm³/mol. The van der Waals surface area contributed by atoms with E-state index in [1.165, 1.54) is 5.57 Å². The molecule has 0 aromatic carbocycles. The van der Waals surface area contributed by atoms with E-state index in [2.05, 4.69) is 12.7 Å². The molecule has 1 nitrogen and oxygen atoms in total. The van der Waals surface area contributed by atoms with E-state index in [9.17, 15) is 0 Å². The zero-order valence-corrected chi connectivity index (χ0v) is 4.36. The first-order valence-corrected chi connectivity index (χ1v) is 2.49. The summed E-state index contributed by atoms with van der Waals surface area (Å²) < 4.78 is 0. The molecular formula is C6H8O. The summed E-state index contributed by atoms with van der Waals surface area (Å²) in [5.41, 5.74) is 4.02. The van der Waals surface area contributed by atoms with E-state index in [1.54, 1.807) is 0 Å². The molecule has 0 radical (unpaired) electrons. The fraction of sp³-hybridized carbons (Fsp3) is 0.500. The lowest BCUT2D eigenvalue weighted by Crippen LogP contribution is -1.92. The number of aliphatic hydroxyl groups is 1. The Kier molecular flexibility index (Phi) is 0.918. The molecule has 1 aliphatic rings. The molecule has 38 valence electrons. The number of hydrogen-bond donors (Lipinski definition) is 1. The smallest absolute Gasteiger partial charge is 0.139 e. The molecule has 0 fully saturated rings. The number of rotatable bonds is 1. The van der Waals surface area contributed by atoms with E-state index < -0.39 is 0 Å². The van der Waals surface area contributed by atoms with Gasteiger partial charge < -0.3 is 5.11 Å². The lowest BCUT2D eigenvalue weighted by atomic mass is 10.0. The molecule has 1 rings (SSSR count). The van der Waals surface area contributed by atoms with Gasteiger partial charge in [-0.2, -0.15) is 0 Å². The first kappa shape index (κ1) is 4.48. The summed E-state index contributed by atoms with van der Waals surface area (Å²) in [5.74, 6) is 0.414. The van der Waals surface area contributed by atoms with Gasteiger partial charge in [-0.15, -0.1) is 0 Å². The van der Waals surface area contributed by atoms with Crippen LogP contribution >= 0.6 is 0 Å². The van der Waals surface area contributed by atoms with Crippen molar-refractivity contribution in [3.63, 3.8) is 0 Å². The molecule has 0 heterocycles. The first-order chi connectivity index (χ1) is 3.33. The Hall–Kier alpha value is -0.680. The minimum atomic E-state index is 0.414. The Morgan fingerprint density at radius 1 is 1.86 bits per heavy atom. The van der Waals surface area contributed by atoms with Crippen LogP contribution in [0, 0.1) is 0 Å². The van der Waals surface area contributed by atoms with Gasteiger partial charge in [-0.25, -0.2) is 0 Å². The maximum absolute atomic E-state index is 8.53. The molecule has 0 bridgehead atoms. The van der Waals surface area contributed by atoms with Crippen molar-refractivity contribution in [3.05, 3.63) is 17.1 Å². The molecule has 0 saturated heterocycles. The summed E-state index contributed by atoms with van der Waals surface area (Å²) in [7, 11) is 0. The summed E-state index contributed by atoms with van der Waals surface area (Å²) >= 11 is 0. The lowest BCUT2D eigenvalue weighted by molar-refractivity contribution is 0.386. The summed E-state index contributed by atoms with van der Waals surface area (Å²) in [6, 6.07) is 0. The van der Waals surface area contributed by atoms with Crippen LogP contribution in [0.1, 0.15) is 19.8 Å². The second kappa shape index (κ2) is 1.43. The van der Waals surface area contributed by atoms with Crippen LogP contribution in [0.2, 0.25) is 0 Å². The highest BCUT2D eigenvalue weighted by atomic mass is 16.3. The summed E-state index contributed by atoms with van der Waals surface area (Å²) in [6.45, 7) is 2.06. The van der Waals surface area contributed by atoms with Gasteiger partial charge in [0.15, 0.2) is 0 Å². The van der Waals surface area contributed by atoms with Gasteiger partial charge in [0.25, 0.3) is 0 Å². The second-order valence-corrected chi connectivity index (χ2v) is 1.71. The van der Waals surface area contributed by atoms with Gasteiger partial charge in [-0.1, -0.05) is 12.7 Å². The third-order valence-electron chi connectivity index (χ3n) is 1.13. The molecule has 0 saturated carbocycles. The monoisotopic (exact) mass is 96.1 g/mol. The van der Waals surface area contributed by atoms with Gasteiger partial charge in [0.2, 0.25) is 0 Å². The van der Waals surface area contributed by atoms with Crippen LogP contribution in [0.3, 0.4) is 0 Å². The summed E-state index contributed by atoms with van der Waals surface area (Å²) in [4.78, 5) is 0. The van der Waals surface area contributed by atoms with Crippen molar-refractivity contribution in [1.29, 1.82) is 0 Å². The van der Waals surface area contributed by atoms with Crippen molar-refractivity contribution in [2.45, 2.75) is 19.8 Å². The molecule has 0 aromatic rings. The van der Waals surface area contributed by atoms with Gasteiger partial charge in [0.05, 0.1) is 0 Å². The Labute approximate surface area is 43.0 Å². The van der Waals surface area contributed by atoms with Crippen LogP contribution in [0.25, 0.3) is 0 Å². The van der Waals surface area contributed by atoms with Gasteiger partial charge in [0, 0.05) is 6.42 Å². The standard InChI is InChI=1S/C6H8O/c1-2-5-3-6(7)4-5/h7H,2-3H2,1H3. The van der Waals surface area contributed by atoms with Gasteiger partial charge in [0.1, 0.15) is 5.76 Å². The fourth-order valence-electron chi connectivity index (χ4n) is 0.601. The SMILES string of the molecule is CCC1=C=C(O)C1. The average molecular weight is 96.1 g/mol. The maximum atomic E-state index is 8.53. The molecule has 0 atom stereocenters. The Morgan fingerprint density at radius 2 is 2.43 bits per heavy atom. The lowest BCUT2D eigenvalue weighted by Gasteiger charge is -2.05. The molecule has 1 N–H and O–H groups in total. The van der Waals surface area contributed by atoms with Crippen molar-refractivity contribution >= 4 is 0 Å². The zero-order chi connectivity index (χ0) is 5.28. The highest BCUT2D eigenvalue weighted by Crippen LogP contribution is 2.18.